The molecule has 1 heterocycles. The van der Waals surface area contributed by atoms with Crippen molar-refractivity contribution in [2.75, 3.05) is 6.54 Å². The molecule has 0 atom stereocenters. The van der Waals surface area contributed by atoms with E-state index in [0.29, 0.717) is 6.54 Å². The molecule has 0 bridgehead atoms. The second-order valence-corrected chi connectivity index (χ2v) is 5.68. The predicted molar refractivity (Wildman–Crippen MR) is 81.6 cm³/mol. The molecule has 2 nitrogen and oxygen atoms in total. The van der Waals surface area contributed by atoms with Crippen molar-refractivity contribution in [1.29, 1.82) is 0 Å². The highest BCUT2D eigenvalue weighted by molar-refractivity contribution is 7.99. The highest BCUT2D eigenvalue weighted by Gasteiger charge is 2.08. The van der Waals surface area contributed by atoms with Gasteiger partial charge in [0.25, 0.3) is 0 Å². The van der Waals surface area contributed by atoms with Crippen LogP contribution in [0, 0.1) is 5.82 Å². The molecule has 3 rings (SSSR count). The summed E-state index contributed by atoms with van der Waals surface area (Å²) in [6.45, 7) is 0.636. The van der Waals surface area contributed by atoms with E-state index in [-0.39, 0.29) is 5.82 Å². The van der Waals surface area contributed by atoms with Crippen LogP contribution in [0.1, 0.15) is 5.56 Å². The lowest BCUT2D eigenvalue weighted by Crippen LogP contribution is -2.03. The summed E-state index contributed by atoms with van der Waals surface area (Å²) in [5.41, 5.74) is 7.72. The largest absolute Gasteiger partial charge is 0.360 e. The van der Waals surface area contributed by atoms with E-state index < -0.39 is 0 Å². The Kier molecular flexibility index (Phi) is 3.76. The topological polar surface area (TPSA) is 41.8 Å². The van der Waals surface area contributed by atoms with Crippen LogP contribution in [0.15, 0.2) is 58.5 Å². The first-order chi connectivity index (χ1) is 9.78. The molecule has 0 radical (unpaired) electrons. The Morgan fingerprint density at radius 1 is 1.10 bits per heavy atom. The third kappa shape index (κ3) is 2.57. The predicted octanol–water partition coefficient (Wildman–Crippen LogP) is 3.96. The van der Waals surface area contributed by atoms with Gasteiger partial charge >= 0.3 is 0 Å². The number of benzene rings is 2. The van der Waals surface area contributed by atoms with Crippen molar-refractivity contribution in [1.82, 2.24) is 4.98 Å². The second-order valence-electron chi connectivity index (χ2n) is 4.59. The van der Waals surface area contributed by atoms with Gasteiger partial charge in [0.1, 0.15) is 5.82 Å². The number of halogens is 1. The fourth-order valence-electron chi connectivity index (χ4n) is 2.24. The zero-order valence-electron chi connectivity index (χ0n) is 10.9. The van der Waals surface area contributed by atoms with Crippen molar-refractivity contribution in [3.63, 3.8) is 0 Å². The van der Waals surface area contributed by atoms with Gasteiger partial charge in [0.2, 0.25) is 0 Å². The second kappa shape index (κ2) is 5.69. The SMILES string of the molecule is NCCc1ccccc1Sc1c[nH]c2cc(F)ccc12. The van der Waals surface area contributed by atoms with Gasteiger partial charge in [-0.25, -0.2) is 4.39 Å². The normalized spacial score (nSPS) is 11.1. The van der Waals surface area contributed by atoms with Crippen LogP contribution < -0.4 is 5.73 Å². The summed E-state index contributed by atoms with van der Waals surface area (Å²) in [5, 5.41) is 1.04. The lowest BCUT2D eigenvalue weighted by molar-refractivity contribution is 0.629. The maximum atomic E-state index is 13.2. The number of aromatic amines is 1. The third-order valence-electron chi connectivity index (χ3n) is 3.21. The van der Waals surface area contributed by atoms with E-state index in [0.717, 1.165) is 22.2 Å². The Morgan fingerprint density at radius 3 is 2.80 bits per heavy atom. The maximum absolute atomic E-state index is 13.2. The number of hydrogen-bond acceptors (Lipinski definition) is 2. The Hall–Kier alpha value is -1.78. The molecule has 2 aromatic carbocycles. The summed E-state index contributed by atoms with van der Waals surface area (Å²) in [4.78, 5) is 5.41. The molecule has 0 saturated carbocycles. The lowest BCUT2D eigenvalue weighted by atomic mass is 10.1. The summed E-state index contributed by atoms with van der Waals surface area (Å²) in [5.74, 6) is -0.223. The number of nitrogens with two attached hydrogens (primary N) is 1. The molecular weight excluding hydrogens is 271 g/mol. The fourth-order valence-corrected chi connectivity index (χ4v) is 3.33. The van der Waals surface area contributed by atoms with Crippen molar-refractivity contribution in [2.24, 2.45) is 5.73 Å². The van der Waals surface area contributed by atoms with Gasteiger partial charge in [-0.3, -0.25) is 0 Å². The fraction of sp³-hybridized carbons (Fsp3) is 0.125. The Labute approximate surface area is 121 Å². The highest BCUT2D eigenvalue weighted by Crippen LogP contribution is 2.35. The highest BCUT2D eigenvalue weighted by atomic mass is 32.2. The molecule has 102 valence electrons. The molecule has 0 aliphatic rings. The van der Waals surface area contributed by atoms with Crippen LogP contribution in [0.2, 0.25) is 0 Å². The van der Waals surface area contributed by atoms with Crippen molar-refractivity contribution >= 4 is 22.7 Å². The third-order valence-corrected chi connectivity index (χ3v) is 4.39. The van der Waals surface area contributed by atoms with Gasteiger partial charge in [0.15, 0.2) is 0 Å². The molecule has 0 amide bonds. The Morgan fingerprint density at radius 2 is 1.95 bits per heavy atom. The molecule has 0 aliphatic carbocycles. The molecule has 0 unspecified atom stereocenters. The molecule has 0 spiro atoms. The van der Waals surface area contributed by atoms with E-state index >= 15 is 0 Å². The number of rotatable bonds is 4. The molecule has 0 fully saturated rings. The van der Waals surface area contributed by atoms with E-state index in [9.17, 15) is 4.39 Å². The Bertz CT molecular complexity index is 736. The van der Waals surface area contributed by atoms with Crippen LogP contribution in [0.4, 0.5) is 4.39 Å². The summed E-state index contributed by atoms with van der Waals surface area (Å²) in [6.07, 6.45) is 2.79. The van der Waals surface area contributed by atoms with Gasteiger partial charge in [-0.05, 0) is 42.8 Å². The molecular formula is C16H15FN2S. The average Bonchev–Trinajstić information content (AvgIpc) is 2.83. The average molecular weight is 286 g/mol. The van der Waals surface area contributed by atoms with Gasteiger partial charge in [0, 0.05) is 26.9 Å². The number of H-pyrrole nitrogens is 1. The van der Waals surface area contributed by atoms with E-state index in [1.165, 1.54) is 22.6 Å². The summed E-state index contributed by atoms with van der Waals surface area (Å²) >= 11 is 1.69. The minimum Gasteiger partial charge on any atom is -0.360 e. The smallest absolute Gasteiger partial charge is 0.125 e. The lowest BCUT2D eigenvalue weighted by Gasteiger charge is -2.07. The zero-order chi connectivity index (χ0) is 13.9. The first-order valence-corrected chi connectivity index (χ1v) is 7.32. The first kappa shape index (κ1) is 13.2. The van der Waals surface area contributed by atoms with Crippen LogP contribution in [0.25, 0.3) is 10.9 Å². The van der Waals surface area contributed by atoms with Crippen LogP contribution in [-0.2, 0) is 6.42 Å². The quantitative estimate of drug-likeness (QED) is 0.762. The van der Waals surface area contributed by atoms with E-state index in [1.54, 1.807) is 11.8 Å². The standard InChI is InChI=1S/C16H15FN2S/c17-12-5-6-13-14(9-12)19-10-16(13)20-15-4-2-1-3-11(15)7-8-18/h1-6,9-10,19H,7-8,18H2. The molecule has 0 saturated heterocycles. The van der Waals surface area contributed by atoms with Crippen LogP contribution in [0.5, 0.6) is 0 Å². The maximum Gasteiger partial charge on any atom is 0.125 e. The van der Waals surface area contributed by atoms with Crippen molar-refractivity contribution < 1.29 is 4.39 Å². The van der Waals surface area contributed by atoms with Gasteiger partial charge in [-0.1, -0.05) is 30.0 Å². The number of fused-ring (bicyclic) bond motifs is 1. The molecule has 3 N–H and O–H groups in total. The minimum absolute atomic E-state index is 0.223. The summed E-state index contributed by atoms with van der Waals surface area (Å²) in [6, 6.07) is 13.1. The van der Waals surface area contributed by atoms with E-state index in [4.69, 9.17) is 5.73 Å². The number of nitrogens with one attached hydrogen (secondary N) is 1. The van der Waals surface area contributed by atoms with Gasteiger partial charge in [0.05, 0.1) is 0 Å². The van der Waals surface area contributed by atoms with Crippen molar-refractivity contribution in [3.8, 4) is 0 Å². The van der Waals surface area contributed by atoms with Gasteiger partial charge in [-0.2, -0.15) is 0 Å². The zero-order valence-corrected chi connectivity index (χ0v) is 11.7. The summed E-state index contributed by atoms with van der Waals surface area (Å²) in [7, 11) is 0. The molecule has 4 heteroatoms. The molecule has 3 aromatic rings. The molecule has 0 aliphatic heterocycles. The molecule has 20 heavy (non-hydrogen) atoms. The molecule has 1 aromatic heterocycles. The minimum atomic E-state index is -0.223. The number of hydrogen-bond donors (Lipinski definition) is 2. The van der Waals surface area contributed by atoms with Gasteiger partial charge < -0.3 is 10.7 Å². The first-order valence-electron chi connectivity index (χ1n) is 6.50. The van der Waals surface area contributed by atoms with Gasteiger partial charge in [-0.15, -0.1) is 0 Å². The van der Waals surface area contributed by atoms with Crippen molar-refractivity contribution in [3.05, 3.63) is 60.0 Å². The number of aromatic nitrogens is 1. The monoisotopic (exact) mass is 286 g/mol. The van der Waals surface area contributed by atoms with E-state index in [2.05, 4.69) is 17.1 Å². The van der Waals surface area contributed by atoms with Crippen LogP contribution >= 0.6 is 11.8 Å². The van der Waals surface area contributed by atoms with Crippen LogP contribution in [0.3, 0.4) is 0 Å². The van der Waals surface area contributed by atoms with Crippen molar-refractivity contribution in [2.45, 2.75) is 16.2 Å². The van der Waals surface area contributed by atoms with E-state index in [1.807, 2.05) is 24.4 Å². The van der Waals surface area contributed by atoms with Crippen LogP contribution in [-0.4, -0.2) is 11.5 Å². The summed E-state index contributed by atoms with van der Waals surface area (Å²) < 4.78 is 13.2. The Balaban J connectivity index is 1.97.